The van der Waals surface area contributed by atoms with Crippen LogP contribution in [0.2, 0.25) is 0 Å². The molecule has 2 unspecified atom stereocenters. The summed E-state index contributed by atoms with van der Waals surface area (Å²) in [5.74, 6) is -0.885. The van der Waals surface area contributed by atoms with Gasteiger partial charge in [-0.3, -0.25) is 4.90 Å². The number of alkyl halides is 3. The molecular weight excluding hydrogens is 336 g/mol. The van der Waals surface area contributed by atoms with Crippen molar-refractivity contribution in [2.24, 2.45) is 5.73 Å². The molecule has 2 N–H and O–H groups in total. The van der Waals surface area contributed by atoms with Crippen LogP contribution in [0.4, 0.5) is 17.6 Å². The van der Waals surface area contributed by atoms with Crippen LogP contribution in [0, 0.1) is 5.82 Å². The van der Waals surface area contributed by atoms with Crippen molar-refractivity contribution >= 4 is 12.4 Å². The van der Waals surface area contributed by atoms with E-state index in [4.69, 9.17) is 10.5 Å². The van der Waals surface area contributed by atoms with E-state index in [1.165, 1.54) is 6.07 Å². The zero-order chi connectivity index (χ0) is 16.3. The number of benzene rings is 1. The predicted octanol–water partition coefficient (Wildman–Crippen LogP) is 3.20. The highest BCUT2D eigenvalue weighted by Crippen LogP contribution is 2.34. The van der Waals surface area contributed by atoms with Gasteiger partial charge >= 0.3 is 6.18 Å². The Labute approximate surface area is 139 Å². The van der Waals surface area contributed by atoms with Crippen molar-refractivity contribution < 1.29 is 22.3 Å². The van der Waals surface area contributed by atoms with E-state index in [0.29, 0.717) is 25.6 Å². The van der Waals surface area contributed by atoms with E-state index in [2.05, 4.69) is 0 Å². The van der Waals surface area contributed by atoms with E-state index in [9.17, 15) is 17.6 Å². The van der Waals surface area contributed by atoms with Crippen LogP contribution in [-0.2, 0) is 17.5 Å². The zero-order valence-corrected chi connectivity index (χ0v) is 13.6. The number of likely N-dealkylation sites (tertiary alicyclic amines) is 1. The highest BCUT2D eigenvalue weighted by Gasteiger charge is 2.35. The van der Waals surface area contributed by atoms with Gasteiger partial charge in [0.2, 0.25) is 0 Å². The van der Waals surface area contributed by atoms with Crippen LogP contribution < -0.4 is 5.73 Å². The van der Waals surface area contributed by atoms with Crippen LogP contribution >= 0.6 is 12.4 Å². The molecule has 1 aliphatic heterocycles. The number of hydrogen-bond acceptors (Lipinski definition) is 3. The van der Waals surface area contributed by atoms with Crippen LogP contribution in [0.5, 0.6) is 0 Å². The largest absolute Gasteiger partial charge is 0.416 e. The lowest BCUT2D eigenvalue weighted by Gasteiger charge is -2.38. The second kappa shape index (κ2) is 8.28. The van der Waals surface area contributed by atoms with Gasteiger partial charge in [-0.1, -0.05) is 6.07 Å². The minimum Gasteiger partial charge on any atom is -0.381 e. The quantitative estimate of drug-likeness (QED) is 0.842. The minimum atomic E-state index is -4.57. The van der Waals surface area contributed by atoms with E-state index in [1.807, 2.05) is 4.90 Å². The highest BCUT2D eigenvalue weighted by molar-refractivity contribution is 5.85. The van der Waals surface area contributed by atoms with Crippen molar-refractivity contribution in [2.75, 3.05) is 20.2 Å². The number of rotatable bonds is 4. The molecule has 0 aromatic heterocycles. The Hall–Kier alpha value is -0.890. The summed E-state index contributed by atoms with van der Waals surface area (Å²) in [7, 11) is 1.62. The third-order valence-electron chi connectivity index (χ3n) is 4.15. The molecule has 0 spiro atoms. The summed E-state index contributed by atoms with van der Waals surface area (Å²) < 4.78 is 57.6. The summed E-state index contributed by atoms with van der Waals surface area (Å²) in [5, 5.41) is 0. The Morgan fingerprint density at radius 1 is 1.35 bits per heavy atom. The van der Waals surface area contributed by atoms with Gasteiger partial charge in [-0.05, 0) is 30.5 Å². The minimum absolute atomic E-state index is 0. The molecular formula is C15H21ClF4N2O. The van der Waals surface area contributed by atoms with Crippen molar-refractivity contribution in [3.63, 3.8) is 0 Å². The van der Waals surface area contributed by atoms with E-state index in [-0.39, 0.29) is 36.7 Å². The fourth-order valence-electron chi connectivity index (χ4n) is 2.90. The molecule has 1 aliphatic rings. The standard InChI is InChI=1S/C15H20F4N2O.ClH/c1-22-13-4-5-21(12(7-13)8-20)9-10-2-3-11(16)6-14(10)15(17,18)19;/h2-3,6,12-13H,4-5,7-9,20H2,1H3;1H. The lowest BCUT2D eigenvalue weighted by molar-refractivity contribution is -0.138. The predicted molar refractivity (Wildman–Crippen MR) is 81.9 cm³/mol. The molecule has 1 saturated heterocycles. The fourth-order valence-corrected chi connectivity index (χ4v) is 2.90. The summed E-state index contributed by atoms with van der Waals surface area (Å²) in [6, 6.07) is 2.78. The normalized spacial score (nSPS) is 22.7. The van der Waals surface area contributed by atoms with Crippen molar-refractivity contribution in [3.05, 3.63) is 35.1 Å². The molecule has 1 heterocycles. The molecule has 2 atom stereocenters. The lowest BCUT2D eigenvalue weighted by atomic mass is 9.97. The highest BCUT2D eigenvalue weighted by atomic mass is 35.5. The van der Waals surface area contributed by atoms with Gasteiger partial charge in [-0.15, -0.1) is 12.4 Å². The van der Waals surface area contributed by atoms with Crippen molar-refractivity contribution in [1.29, 1.82) is 0 Å². The number of piperidine rings is 1. The molecule has 0 saturated carbocycles. The van der Waals surface area contributed by atoms with Crippen LogP contribution in [-0.4, -0.2) is 37.2 Å². The monoisotopic (exact) mass is 356 g/mol. The average Bonchev–Trinajstić information content (AvgIpc) is 2.48. The third kappa shape index (κ3) is 5.04. The van der Waals surface area contributed by atoms with Crippen LogP contribution in [0.3, 0.4) is 0 Å². The van der Waals surface area contributed by atoms with Crippen LogP contribution in [0.15, 0.2) is 18.2 Å². The zero-order valence-electron chi connectivity index (χ0n) is 12.8. The molecule has 0 radical (unpaired) electrons. The van der Waals surface area contributed by atoms with Gasteiger partial charge in [-0.25, -0.2) is 4.39 Å². The average molecular weight is 357 g/mol. The van der Waals surface area contributed by atoms with Gasteiger partial charge in [0.25, 0.3) is 0 Å². The molecule has 3 nitrogen and oxygen atoms in total. The van der Waals surface area contributed by atoms with Crippen molar-refractivity contribution in [1.82, 2.24) is 4.90 Å². The molecule has 0 amide bonds. The summed E-state index contributed by atoms with van der Waals surface area (Å²) in [6.07, 6.45) is -3.05. The summed E-state index contributed by atoms with van der Waals surface area (Å²) >= 11 is 0. The van der Waals surface area contributed by atoms with Gasteiger partial charge in [0.15, 0.2) is 0 Å². The van der Waals surface area contributed by atoms with Crippen molar-refractivity contribution in [3.8, 4) is 0 Å². The topological polar surface area (TPSA) is 38.5 Å². The van der Waals surface area contributed by atoms with Gasteiger partial charge < -0.3 is 10.5 Å². The lowest BCUT2D eigenvalue weighted by Crippen LogP contribution is -2.48. The molecule has 0 bridgehead atoms. The van der Waals surface area contributed by atoms with E-state index < -0.39 is 17.6 Å². The fraction of sp³-hybridized carbons (Fsp3) is 0.600. The Bertz CT molecular complexity index is 513. The molecule has 0 aliphatic carbocycles. The molecule has 8 heteroatoms. The molecule has 1 fully saturated rings. The van der Waals surface area contributed by atoms with Gasteiger partial charge in [0, 0.05) is 32.8 Å². The summed E-state index contributed by atoms with van der Waals surface area (Å²) in [4.78, 5) is 1.91. The second-order valence-electron chi connectivity index (χ2n) is 5.54. The molecule has 1 aromatic carbocycles. The number of ether oxygens (including phenoxy) is 1. The smallest absolute Gasteiger partial charge is 0.381 e. The Kier molecular flexibility index (Phi) is 7.26. The Balaban J connectivity index is 0.00000264. The Morgan fingerprint density at radius 3 is 2.61 bits per heavy atom. The number of nitrogens with zero attached hydrogens (tertiary/aromatic N) is 1. The van der Waals surface area contributed by atoms with Crippen LogP contribution in [0.25, 0.3) is 0 Å². The molecule has 1 aromatic rings. The first-order chi connectivity index (χ1) is 10.3. The summed E-state index contributed by atoms with van der Waals surface area (Å²) in [5.41, 5.74) is 4.89. The van der Waals surface area contributed by atoms with E-state index in [1.54, 1.807) is 7.11 Å². The number of hydrogen-bond donors (Lipinski definition) is 1. The number of halogens is 5. The first-order valence-electron chi connectivity index (χ1n) is 7.17. The van der Waals surface area contributed by atoms with Gasteiger partial charge in [0.1, 0.15) is 5.82 Å². The van der Waals surface area contributed by atoms with E-state index >= 15 is 0 Å². The molecule has 132 valence electrons. The van der Waals surface area contributed by atoms with E-state index in [0.717, 1.165) is 12.5 Å². The maximum Gasteiger partial charge on any atom is 0.416 e. The first kappa shape index (κ1) is 20.2. The maximum absolute atomic E-state index is 13.1. The first-order valence-corrected chi connectivity index (χ1v) is 7.17. The van der Waals surface area contributed by atoms with Gasteiger partial charge in [-0.2, -0.15) is 13.2 Å². The SMILES string of the molecule is COC1CCN(Cc2ccc(F)cc2C(F)(F)F)C(CN)C1.Cl. The van der Waals surface area contributed by atoms with Gasteiger partial charge in [0.05, 0.1) is 11.7 Å². The number of nitrogens with two attached hydrogens (primary N) is 1. The Morgan fingerprint density at radius 2 is 2.04 bits per heavy atom. The maximum atomic E-state index is 13.1. The second-order valence-corrected chi connectivity index (χ2v) is 5.54. The third-order valence-corrected chi connectivity index (χ3v) is 4.15. The van der Waals surface area contributed by atoms with Crippen molar-refractivity contribution in [2.45, 2.75) is 37.7 Å². The number of methoxy groups -OCH3 is 1. The summed E-state index contributed by atoms with van der Waals surface area (Å²) in [6.45, 7) is 1.06. The molecule has 2 rings (SSSR count). The molecule has 23 heavy (non-hydrogen) atoms. The van der Waals surface area contributed by atoms with Crippen LogP contribution in [0.1, 0.15) is 24.0 Å².